The summed E-state index contributed by atoms with van der Waals surface area (Å²) in [7, 11) is 9.53. The molecule has 1 aliphatic heterocycles. The van der Waals surface area contributed by atoms with E-state index >= 15 is 0 Å². The van der Waals surface area contributed by atoms with Gasteiger partial charge in [-0.15, -0.1) is 0 Å². The van der Waals surface area contributed by atoms with Crippen molar-refractivity contribution >= 4 is 54.5 Å². The molecule has 1 aliphatic rings. The first-order valence-corrected chi connectivity index (χ1v) is 13.4. The Morgan fingerprint density at radius 1 is 0.750 bits per heavy atom. The van der Waals surface area contributed by atoms with E-state index in [-0.39, 0.29) is 13.1 Å². The second-order valence-corrected chi connectivity index (χ2v) is 9.96. The summed E-state index contributed by atoms with van der Waals surface area (Å²) in [4.78, 5) is 19.1. The Kier molecular flexibility index (Phi) is 9.84. The molecule has 32 heavy (non-hydrogen) atoms. The molecule has 0 amide bonds. The first kappa shape index (κ1) is 26.5. The SMILES string of the molecule is CC(=Nc1c(C)cc(C)cc1C)C1=NC(C(C)=Nc2c(C)cc(C)cc2C)=NC1.[Cl][Fe][Cl]. The van der Waals surface area contributed by atoms with Crippen molar-refractivity contribution in [3.8, 4) is 0 Å². The number of hydrogen-bond donors (Lipinski definition) is 0. The van der Waals surface area contributed by atoms with E-state index < -0.39 is 0 Å². The van der Waals surface area contributed by atoms with Crippen molar-refractivity contribution in [2.45, 2.75) is 55.4 Å². The van der Waals surface area contributed by atoms with Gasteiger partial charge in [0.15, 0.2) is 5.84 Å². The van der Waals surface area contributed by atoms with Crippen molar-refractivity contribution in [3.05, 3.63) is 57.6 Å². The molecule has 4 nitrogen and oxygen atoms in total. The van der Waals surface area contributed by atoms with Gasteiger partial charge in [-0.2, -0.15) is 0 Å². The van der Waals surface area contributed by atoms with E-state index in [0.717, 1.165) is 28.5 Å². The van der Waals surface area contributed by atoms with Gasteiger partial charge >= 0.3 is 33.3 Å². The molecule has 0 bridgehead atoms. The topological polar surface area (TPSA) is 49.4 Å². The number of aliphatic imine (C=N–C) groups is 4. The fraction of sp³-hybridized carbons (Fsp3) is 0.360. The van der Waals surface area contributed by atoms with E-state index in [9.17, 15) is 0 Å². The van der Waals surface area contributed by atoms with Crippen LogP contribution in [0.4, 0.5) is 11.4 Å². The summed E-state index contributed by atoms with van der Waals surface area (Å²) in [6.07, 6.45) is 0. The molecule has 1 heterocycles. The van der Waals surface area contributed by atoms with Crippen LogP contribution in [0.15, 0.2) is 44.2 Å². The van der Waals surface area contributed by atoms with Gasteiger partial charge in [0, 0.05) is 0 Å². The van der Waals surface area contributed by atoms with Crippen LogP contribution in [0.25, 0.3) is 0 Å². The Balaban J connectivity index is 0.00000114. The van der Waals surface area contributed by atoms with E-state index in [1.807, 2.05) is 13.8 Å². The van der Waals surface area contributed by atoms with Crippen LogP contribution in [0.5, 0.6) is 0 Å². The first-order valence-electron chi connectivity index (χ1n) is 10.3. The van der Waals surface area contributed by atoms with E-state index in [4.69, 9.17) is 35.2 Å². The zero-order chi connectivity index (χ0) is 24.0. The molecule has 0 unspecified atom stereocenters. The van der Waals surface area contributed by atoms with Crippen molar-refractivity contribution in [3.63, 3.8) is 0 Å². The minimum absolute atomic E-state index is 0.194. The van der Waals surface area contributed by atoms with Crippen LogP contribution in [0.1, 0.15) is 47.2 Å². The van der Waals surface area contributed by atoms with Crippen molar-refractivity contribution in [2.24, 2.45) is 20.0 Å². The fourth-order valence-corrected chi connectivity index (χ4v) is 3.89. The molecular weight excluding hydrogens is 483 g/mol. The number of hydrogen-bond acceptors (Lipinski definition) is 4. The third kappa shape index (κ3) is 6.86. The molecule has 0 N–H and O–H groups in total. The molecule has 0 fully saturated rings. The Morgan fingerprint density at radius 2 is 1.12 bits per heavy atom. The van der Waals surface area contributed by atoms with Gasteiger partial charge in [0.1, 0.15) is 0 Å². The van der Waals surface area contributed by atoms with Gasteiger partial charge in [0.25, 0.3) is 0 Å². The molecule has 0 radical (unpaired) electrons. The fourth-order valence-electron chi connectivity index (χ4n) is 3.89. The molecule has 3 rings (SSSR count). The van der Waals surface area contributed by atoms with Crippen LogP contribution in [-0.4, -0.2) is 29.5 Å². The van der Waals surface area contributed by atoms with Gasteiger partial charge in [-0.1, -0.05) is 35.4 Å². The zero-order valence-corrected chi connectivity index (χ0v) is 22.5. The monoisotopic (exact) mass is 512 g/mol. The average molecular weight is 513 g/mol. The average Bonchev–Trinajstić information content (AvgIpc) is 3.18. The van der Waals surface area contributed by atoms with Gasteiger partial charge in [-0.05, 0) is 77.6 Å². The van der Waals surface area contributed by atoms with Gasteiger partial charge < -0.3 is 0 Å². The number of aryl methyl sites for hydroxylation is 6. The van der Waals surface area contributed by atoms with Gasteiger partial charge in [0.2, 0.25) is 0 Å². The molecule has 0 atom stereocenters. The third-order valence-electron chi connectivity index (χ3n) is 5.19. The molecule has 7 heteroatoms. The Hall–Kier alpha value is -1.78. The van der Waals surface area contributed by atoms with E-state index in [1.165, 1.54) is 33.4 Å². The number of amidine groups is 1. The predicted octanol–water partition coefficient (Wildman–Crippen LogP) is 7.65. The van der Waals surface area contributed by atoms with Crippen molar-refractivity contribution in [2.75, 3.05) is 6.54 Å². The van der Waals surface area contributed by atoms with Crippen LogP contribution in [0, 0.1) is 41.5 Å². The van der Waals surface area contributed by atoms with E-state index in [1.54, 1.807) is 0 Å². The molecule has 0 aliphatic carbocycles. The molecule has 0 spiro atoms. The number of nitrogens with zero attached hydrogens (tertiary/aromatic N) is 4. The van der Waals surface area contributed by atoms with Crippen LogP contribution in [0.3, 0.4) is 0 Å². The third-order valence-corrected chi connectivity index (χ3v) is 5.19. The van der Waals surface area contributed by atoms with Crippen LogP contribution >= 0.6 is 20.2 Å². The molecule has 2 aromatic carbocycles. The van der Waals surface area contributed by atoms with E-state index in [2.05, 4.69) is 70.8 Å². The van der Waals surface area contributed by atoms with Crippen molar-refractivity contribution in [1.29, 1.82) is 0 Å². The Bertz CT molecular complexity index is 1080. The summed E-state index contributed by atoms with van der Waals surface area (Å²) in [5.41, 5.74) is 11.9. The molecule has 0 aromatic heterocycles. The molecule has 2 aromatic rings. The Labute approximate surface area is 206 Å². The van der Waals surface area contributed by atoms with Crippen molar-refractivity contribution in [1.82, 2.24) is 0 Å². The van der Waals surface area contributed by atoms with Crippen LogP contribution < -0.4 is 0 Å². The summed E-state index contributed by atoms with van der Waals surface area (Å²) in [5, 5.41) is 0. The Morgan fingerprint density at radius 3 is 1.53 bits per heavy atom. The molecular formula is C25H30Cl2FeN4. The number of rotatable bonds is 4. The maximum absolute atomic E-state index is 4.87. The maximum atomic E-state index is 4.87. The van der Waals surface area contributed by atoms with Gasteiger partial charge in [-0.3, -0.25) is 9.98 Å². The molecule has 172 valence electrons. The molecule has 0 saturated heterocycles. The van der Waals surface area contributed by atoms with Crippen LogP contribution in [-0.2, 0) is 13.1 Å². The second kappa shape index (κ2) is 11.9. The van der Waals surface area contributed by atoms with Crippen molar-refractivity contribution < 1.29 is 13.1 Å². The zero-order valence-electron chi connectivity index (χ0n) is 19.9. The standard InChI is InChI=1S/C25H30N4.2ClH.Fe/c1-14-9-16(3)23(17(4)10-14)27-20(7)22-13-26-25(29-22)21(8)28-24-18(5)11-15(2)12-19(24)6;;;/h9-12H,13H2,1-8H3;2*1H;/q;;;+2/p-2. The minimum atomic E-state index is 0.194. The summed E-state index contributed by atoms with van der Waals surface area (Å²) in [6, 6.07) is 8.65. The quantitative estimate of drug-likeness (QED) is 0.298. The normalized spacial score (nSPS) is 14.2. The van der Waals surface area contributed by atoms with E-state index in [0.29, 0.717) is 12.4 Å². The predicted molar refractivity (Wildman–Crippen MR) is 138 cm³/mol. The molecule has 0 saturated carbocycles. The second-order valence-electron chi connectivity index (χ2n) is 8.14. The first-order chi connectivity index (χ1) is 15.1. The summed E-state index contributed by atoms with van der Waals surface area (Å²) in [5.74, 6) is 0.700. The van der Waals surface area contributed by atoms with Crippen LogP contribution in [0.2, 0.25) is 0 Å². The number of benzene rings is 2. The summed E-state index contributed by atoms with van der Waals surface area (Å²) >= 11 is 0.194. The van der Waals surface area contributed by atoms with Gasteiger partial charge in [0.05, 0.1) is 35.1 Å². The number of halogens is 2. The van der Waals surface area contributed by atoms with Gasteiger partial charge in [-0.25, -0.2) is 9.98 Å². The summed E-state index contributed by atoms with van der Waals surface area (Å²) < 4.78 is 0. The summed E-state index contributed by atoms with van der Waals surface area (Å²) in [6.45, 7) is 17.2.